The van der Waals surface area contributed by atoms with Crippen LogP contribution >= 0.6 is 11.3 Å². The first-order valence-corrected chi connectivity index (χ1v) is 21.7. The molecule has 4 aliphatic rings. The van der Waals surface area contributed by atoms with E-state index in [0.29, 0.717) is 70.9 Å². The van der Waals surface area contributed by atoms with Gasteiger partial charge in [-0.2, -0.15) is 4.39 Å². The van der Waals surface area contributed by atoms with Crippen LogP contribution in [0.1, 0.15) is 74.4 Å². The Labute approximate surface area is 337 Å². The van der Waals surface area contributed by atoms with Gasteiger partial charge in [0.15, 0.2) is 5.13 Å². The third-order valence-corrected chi connectivity index (χ3v) is 14.8. The van der Waals surface area contributed by atoms with Crippen LogP contribution in [0.3, 0.4) is 0 Å². The molecule has 58 heavy (non-hydrogen) atoms. The SMILES string of the molecule is COc1ccc2c(c1)nc(O[C@@H]1C[C@H]3C(=O)N[C@]4(C(=O)NS(=O)(=O)C5(C)CC5)C[C@H]4/C=C\CCCCC[C@H](NC(=O)c4ccc(F)s4)C(=O)N3C1)c1ccc(F)cc12. The number of aromatic nitrogens is 1. The number of pyridine rings is 1. The number of fused-ring (bicyclic) bond motifs is 5. The molecule has 4 heterocycles. The van der Waals surface area contributed by atoms with E-state index in [0.717, 1.165) is 12.5 Å². The Hall–Kier alpha value is -5.16. The van der Waals surface area contributed by atoms with Crippen molar-refractivity contribution in [2.24, 2.45) is 5.92 Å². The smallest absolute Gasteiger partial charge is 0.262 e. The lowest BCUT2D eigenvalue weighted by atomic mass is 10.0. The summed E-state index contributed by atoms with van der Waals surface area (Å²) in [6.07, 6.45) is 6.63. The van der Waals surface area contributed by atoms with Gasteiger partial charge in [-0.05, 0) is 93.3 Å². The van der Waals surface area contributed by atoms with Crippen molar-refractivity contribution in [3.8, 4) is 11.6 Å². The minimum absolute atomic E-state index is 0.0660. The molecule has 1 saturated heterocycles. The number of sulfonamides is 1. The van der Waals surface area contributed by atoms with Gasteiger partial charge in [0.2, 0.25) is 27.7 Å². The number of nitrogens with zero attached hydrogens (tertiary/aromatic N) is 2. The van der Waals surface area contributed by atoms with E-state index in [1.54, 1.807) is 31.2 Å². The van der Waals surface area contributed by atoms with Crippen LogP contribution in [0.15, 0.2) is 60.7 Å². The van der Waals surface area contributed by atoms with Crippen molar-refractivity contribution >= 4 is 66.7 Å². The summed E-state index contributed by atoms with van der Waals surface area (Å²) in [5.74, 6) is -3.10. The number of nitrogens with one attached hydrogen (secondary N) is 3. The standard InChI is InChI=1S/C41H43F2N5O8S2/c1-40(16-17-40)58(53,54)47-39(52)41-21-23(41)8-6-4-3-5-7-9-30(44-36(50)33-14-15-34(43)57-33)38(51)48-22-26(20-32(48)35(49)46-41)56-37-28-12-10-24(42)18-29(28)27-13-11-25(55-2)19-31(27)45-37/h6,8,10-15,18-19,23,26,30,32H,3-5,7,9,16-17,20-22H2,1-2H3,(H,44,50)(H,46,49)(H,47,52)/b8-6-/t23-,26-,30+,32+,41-/m1/s1. The van der Waals surface area contributed by atoms with Crippen LogP contribution in [0, 0.1) is 16.9 Å². The number of methoxy groups -OCH3 is 1. The van der Waals surface area contributed by atoms with Crippen LogP contribution in [-0.2, 0) is 24.4 Å². The van der Waals surface area contributed by atoms with Gasteiger partial charge in [-0.1, -0.05) is 25.0 Å². The molecular weight excluding hydrogens is 793 g/mol. The molecule has 4 aromatic rings. The van der Waals surface area contributed by atoms with Crippen molar-refractivity contribution in [1.82, 2.24) is 25.2 Å². The molecule has 2 aliphatic carbocycles. The second-order valence-electron chi connectivity index (χ2n) is 15.8. The van der Waals surface area contributed by atoms with Gasteiger partial charge in [-0.25, -0.2) is 17.8 Å². The highest BCUT2D eigenvalue weighted by atomic mass is 32.2. The zero-order valence-corrected chi connectivity index (χ0v) is 33.5. The van der Waals surface area contributed by atoms with Crippen molar-refractivity contribution in [2.75, 3.05) is 13.7 Å². The Morgan fingerprint density at radius 1 is 1.02 bits per heavy atom. The van der Waals surface area contributed by atoms with Gasteiger partial charge < -0.3 is 25.0 Å². The minimum Gasteiger partial charge on any atom is -0.497 e. The number of halogens is 2. The van der Waals surface area contributed by atoms with E-state index in [-0.39, 0.29) is 36.6 Å². The molecule has 0 radical (unpaired) electrons. The van der Waals surface area contributed by atoms with Crippen molar-refractivity contribution in [3.63, 3.8) is 0 Å². The molecule has 2 saturated carbocycles. The van der Waals surface area contributed by atoms with Crippen molar-refractivity contribution in [3.05, 3.63) is 76.5 Å². The zero-order chi connectivity index (χ0) is 41.0. The summed E-state index contributed by atoms with van der Waals surface area (Å²) >= 11 is 0.644. The quantitative estimate of drug-likeness (QED) is 0.158. The number of hydrogen-bond acceptors (Lipinski definition) is 10. The first kappa shape index (κ1) is 39.7. The van der Waals surface area contributed by atoms with Gasteiger partial charge >= 0.3 is 0 Å². The lowest BCUT2D eigenvalue weighted by Crippen LogP contribution is -2.58. The van der Waals surface area contributed by atoms with E-state index < -0.39 is 79.0 Å². The van der Waals surface area contributed by atoms with E-state index in [1.165, 1.54) is 30.2 Å². The second kappa shape index (κ2) is 15.2. The van der Waals surface area contributed by atoms with Crippen LogP contribution in [-0.4, -0.2) is 84.1 Å². The lowest BCUT2D eigenvalue weighted by molar-refractivity contribution is -0.141. The maximum Gasteiger partial charge on any atom is 0.262 e. The van der Waals surface area contributed by atoms with Gasteiger partial charge in [0.05, 0.1) is 28.8 Å². The predicted molar refractivity (Wildman–Crippen MR) is 212 cm³/mol. The monoisotopic (exact) mass is 835 g/mol. The first-order chi connectivity index (χ1) is 27.7. The summed E-state index contributed by atoms with van der Waals surface area (Å²) in [5, 5.41) is 6.71. The van der Waals surface area contributed by atoms with Crippen LogP contribution in [0.4, 0.5) is 8.78 Å². The molecular formula is C41H43F2N5O8S2. The van der Waals surface area contributed by atoms with Gasteiger partial charge in [-0.15, -0.1) is 11.3 Å². The number of rotatable bonds is 8. The Morgan fingerprint density at radius 2 is 1.81 bits per heavy atom. The Morgan fingerprint density at radius 3 is 2.55 bits per heavy atom. The molecule has 2 aliphatic heterocycles. The summed E-state index contributed by atoms with van der Waals surface area (Å²) in [4.78, 5) is 62.5. The molecule has 2 aromatic heterocycles. The number of carbonyl (C=O) groups is 4. The fraction of sp³-hybridized carbons (Fsp3) is 0.439. The molecule has 5 atom stereocenters. The molecule has 3 fully saturated rings. The van der Waals surface area contributed by atoms with Crippen molar-refractivity contribution in [2.45, 2.75) is 93.2 Å². The maximum absolute atomic E-state index is 14.6. The fourth-order valence-corrected chi connectivity index (χ4v) is 9.86. The number of hydrogen-bond donors (Lipinski definition) is 3. The normalized spacial score (nSPS) is 26.4. The number of thiophene rings is 1. The van der Waals surface area contributed by atoms with E-state index in [2.05, 4.69) is 15.4 Å². The van der Waals surface area contributed by atoms with Gasteiger partial charge in [0, 0.05) is 29.2 Å². The first-order valence-electron chi connectivity index (χ1n) is 19.4. The largest absolute Gasteiger partial charge is 0.497 e. The number of carbonyl (C=O) groups excluding carboxylic acids is 4. The molecule has 13 nitrogen and oxygen atoms in total. The molecule has 17 heteroatoms. The van der Waals surface area contributed by atoms with Crippen LogP contribution in [0.5, 0.6) is 11.6 Å². The highest BCUT2D eigenvalue weighted by Gasteiger charge is 2.63. The zero-order valence-electron chi connectivity index (χ0n) is 31.9. The molecule has 8 rings (SSSR count). The van der Waals surface area contributed by atoms with Crippen molar-refractivity contribution < 1.29 is 45.9 Å². The van der Waals surface area contributed by atoms with E-state index in [1.807, 2.05) is 12.2 Å². The minimum atomic E-state index is -4.04. The molecule has 2 aromatic carbocycles. The Bertz CT molecular complexity index is 2470. The Balaban J connectivity index is 1.14. The lowest BCUT2D eigenvalue weighted by Gasteiger charge is -2.30. The van der Waals surface area contributed by atoms with Gasteiger partial charge in [0.25, 0.3) is 11.8 Å². The van der Waals surface area contributed by atoms with Gasteiger partial charge in [0.1, 0.15) is 35.3 Å². The third-order valence-electron chi connectivity index (χ3n) is 11.8. The number of amides is 4. The molecule has 0 unspecified atom stereocenters. The van der Waals surface area contributed by atoms with E-state index >= 15 is 0 Å². The number of ether oxygens (including phenoxy) is 2. The second-order valence-corrected chi connectivity index (χ2v) is 19.1. The maximum atomic E-state index is 14.6. The Kier molecular flexibility index (Phi) is 10.4. The average molecular weight is 836 g/mol. The molecule has 306 valence electrons. The number of allylic oxidation sites excluding steroid dienone is 1. The molecule has 4 amide bonds. The fourth-order valence-electron chi connectivity index (χ4n) is 7.91. The van der Waals surface area contributed by atoms with Crippen molar-refractivity contribution in [1.29, 1.82) is 0 Å². The van der Waals surface area contributed by atoms with Crippen LogP contribution < -0.4 is 24.8 Å². The topological polar surface area (TPSA) is 173 Å². The molecule has 0 spiro atoms. The van der Waals surface area contributed by atoms with E-state index in [9.17, 15) is 36.4 Å². The highest BCUT2D eigenvalue weighted by Crippen LogP contribution is 2.47. The van der Waals surface area contributed by atoms with Crippen LogP contribution in [0.2, 0.25) is 0 Å². The molecule has 0 bridgehead atoms. The predicted octanol–water partition coefficient (Wildman–Crippen LogP) is 5.28. The average Bonchev–Trinajstić information content (AvgIpc) is 3.99. The third kappa shape index (κ3) is 7.61. The summed E-state index contributed by atoms with van der Waals surface area (Å²) in [6, 6.07) is 9.55. The van der Waals surface area contributed by atoms with Gasteiger partial charge in [-0.3, -0.25) is 23.9 Å². The van der Waals surface area contributed by atoms with E-state index in [4.69, 9.17) is 14.5 Å². The summed E-state index contributed by atoms with van der Waals surface area (Å²) < 4.78 is 68.0. The summed E-state index contributed by atoms with van der Waals surface area (Å²) in [6.45, 7) is 1.43. The molecule has 3 N–H and O–H groups in total. The summed E-state index contributed by atoms with van der Waals surface area (Å²) in [5.41, 5.74) is -1.13. The van der Waals surface area contributed by atoms with Crippen LogP contribution in [0.25, 0.3) is 21.7 Å². The summed E-state index contributed by atoms with van der Waals surface area (Å²) in [7, 11) is -2.53. The number of benzene rings is 2. The highest BCUT2D eigenvalue weighted by molar-refractivity contribution is 7.91.